The van der Waals surface area contributed by atoms with Gasteiger partial charge in [-0.05, 0) is 56.4 Å². The van der Waals surface area contributed by atoms with Gasteiger partial charge in [-0.25, -0.2) is 0 Å². The molecule has 1 aromatic carbocycles. The molecule has 0 aliphatic heterocycles. The molecule has 0 spiro atoms. The molecular formula is C14H20N2. The summed E-state index contributed by atoms with van der Waals surface area (Å²) >= 11 is 0. The van der Waals surface area contributed by atoms with Gasteiger partial charge in [0, 0.05) is 18.3 Å². The van der Waals surface area contributed by atoms with Crippen molar-refractivity contribution in [2.24, 2.45) is 0 Å². The lowest BCUT2D eigenvalue weighted by atomic mass is 10.2. The summed E-state index contributed by atoms with van der Waals surface area (Å²) in [6.07, 6.45) is 4.67. The highest BCUT2D eigenvalue weighted by Crippen LogP contribution is 2.17. The number of aryl methyl sites for hydroxylation is 2. The van der Waals surface area contributed by atoms with E-state index in [1.807, 2.05) is 7.05 Å². The standard InChI is InChI=1S/C14H20N2/c1-12-5-6-13-7-10-16(14(13)11-12)9-4-3-8-15-2/h5-7,10-11,15H,3-4,8-9H2,1-2H3. The summed E-state index contributed by atoms with van der Waals surface area (Å²) in [4.78, 5) is 0. The van der Waals surface area contributed by atoms with Gasteiger partial charge in [-0.3, -0.25) is 0 Å². The number of fused-ring (bicyclic) bond motifs is 1. The Morgan fingerprint density at radius 2 is 2.06 bits per heavy atom. The van der Waals surface area contributed by atoms with Crippen molar-refractivity contribution in [3.8, 4) is 0 Å². The molecule has 1 N–H and O–H groups in total. The van der Waals surface area contributed by atoms with Crippen LogP contribution in [-0.2, 0) is 6.54 Å². The van der Waals surface area contributed by atoms with Crippen LogP contribution in [0.25, 0.3) is 10.9 Å². The molecule has 1 aromatic heterocycles. The molecule has 2 aromatic rings. The van der Waals surface area contributed by atoms with E-state index in [9.17, 15) is 0 Å². The van der Waals surface area contributed by atoms with Gasteiger partial charge in [-0.2, -0.15) is 0 Å². The predicted molar refractivity (Wildman–Crippen MR) is 69.8 cm³/mol. The maximum atomic E-state index is 3.18. The summed E-state index contributed by atoms with van der Waals surface area (Å²) in [6, 6.07) is 8.85. The fourth-order valence-corrected chi connectivity index (χ4v) is 2.07. The van der Waals surface area contributed by atoms with Crippen molar-refractivity contribution in [1.29, 1.82) is 0 Å². The highest BCUT2D eigenvalue weighted by atomic mass is 14.9. The third-order valence-electron chi connectivity index (χ3n) is 3.01. The van der Waals surface area contributed by atoms with Crippen LogP contribution in [0.1, 0.15) is 18.4 Å². The minimum atomic E-state index is 1.11. The number of nitrogens with zero attached hydrogens (tertiary/aromatic N) is 1. The molecule has 0 saturated carbocycles. The van der Waals surface area contributed by atoms with Crippen molar-refractivity contribution in [2.75, 3.05) is 13.6 Å². The van der Waals surface area contributed by atoms with Gasteiger partial charge in [0.2, 0.25) is 0 Å². The first-order valence-corrected chi connectivity index (χ1v) is 6.01. The van der Waals surface area contributed by atoms with Crippen LogP contribution in [0.2, 0.25) is 0 Å². The lowest BCUT2D eigenvalue weighted by Gasteiger charge is -2.05. The molecule has 0 aliphatic carbocycles. The number of rotatable bonds is 5. The summed E-state index contributed by atoms with van der Waals surface area (Å²) in [5.74, 6) is 0. The number of hydrogen-bond acceptors (Lipinski definition) is 1. The minimum absolute atomic E-state index is 1.11. The smallest absolute Gasteiger partial charge is 0.0482 e. The first kappa shape index (κ1) is 11.2. The van der Waals surface area contributed by atoms with Gasteiger partial charge in [0.1, 0.15) is 0 Å². The molecule has 0 aliphatic rings. The molecule has 16 heavy (non-hydrogen) atoms. The third kappa shape index (κ3) is 2.45. The van der Waals surface area contributed by atoms with Crippen LogP contribution in [0.4, 0.5) is 0 Å². The van der Waals surface area contributed by atoms with Gasteiger partial charge in [-0.15, -0.1) is 0 Å². The first-order valence-electron chi connectivity index (χ1n) is 6.01. The van der Waals surface area contributed by atoms with Crippen LogP contribution < -0.4 is 5.32 Å². The van der Waals surface area contributed by atoms with Crippen molar-refractivity contribution in [3.63, 3.8) is 0 Å². The van der Waals surface area contributed by atoms with Gasteiger partial charge in [0.05, 0.1) is 0 Å². The molecule has 0 saturated heterocycles. The Labute approximate surface area is 97.3 Å². The Morgan fingerprint density at radius 3 is 2.88 bits per heavy atom. The van der Waals surface area contributed by atoms with Gasteiger partial charge in [0.25, 0.3) is 0 Å². The normalized spacial score (nSPS) is 11.1. The van der Waals surface area contributed by atoms with Crippen molar-refractivity contribution < 1.29 is 0 Å². The van der Waals surface area contributed by atoms with E-state index in [0.29, 0.717) is 0 Å². The van der Waals surface area contributed by atoms with E-state index in [-0.39, 0.29) is 0 Å². The van der Waals surface area contributed by atoms with Crippen LogP contribution in [0.3, 0.4) is 0 Å². The molecule has 2 rings (SSSR count). The Hall–Kier alpha value is -1.28. The van der Waals surface area contributed by atoms with Gasteiger partial charge >= 0.3 is 0 Å². The topological polar surface area (TPSA) is 17.0 Å². The second kappa shape index (κ2) is 5.17. The van der Waals surface area contributed by atoms with Crippen LogP contribution in [0.15, 0.2) is 30.5 Å². The van der Waals surface area contributed by atoms with E-state index in [0.717, 1.165) is 13.1 Å². The fraction of sp³-hybridized carbons (Fsp3) is 0.429. The van der Waals surface area contributed by atoms with Crippen LogP contribution in [0.5, 0.6) is 0 Å². The van der Waals surface area contributed by atoms with Gasteiger partial charge in [0.15, 0.2) is 0 Å². The minimum Gasteiger partial charge on any atom is -0.347 e. The van der Waals surface area contributed by atoms with E-state index in [1.165, 1.54) is 29.3 Å². The molecule has 1 heterocycles. The zero-order valence-corrected chi connectivity index (χ0v) is 10.2. The zero-order chi connectivity index (χ0) is 11.4. The highest BCUT2D eigenvalue weighted by Gasteiger charge is 2.00. The predicted octanol–water partition coefficient (Wildman–Crippen LogP) is 2.95. The molecule has 0 atom stereocenters. The van der Waals surface area contributed by atoms with Crippen molar-refractivity contribution in [2.45, 2.75) is 26.3 Å². The lowest BCUT2D eigenvalue weighted by molar-refractivity contribution is 0.602. The van der Waals surface area contributed by atoms with Crippen LogP contribution in [0, 0.1) is 6.92 Å². The number of unbranched alkanes of at least 4 members (excludes halogenated alkanes) is 1. The van der Waals surface area contributed by atoms with Crippen LogP contribution in [-0.4, -0.2) is 18.2 Å². The Bertz CT molecular complexity index is 457. The molecule has 0 radical (unpaired) electrons. The summed E-state index contributed by atoms with van der Waals surface area (Å²) < 4.78 is 2.36. The van der Waals surface area contributed by atoms with E-state index in [2.05, 4.69) is 47.3 Å². The van der Waals surface area contributed by atoms with Crippen molar-refractivity contribution in [1.82, 2.24) is 9.88 Å². The largest absolute Gasteiger partial charge is 0.347 e. The summed E-state index contributed by atoms with van der Waals surface area (Å²) in [5, 5.41) is 4.53. The monoisotopic (exact) mass is 216 g/mol. The van der Waals surface area contributed by atoms with E-state index >= 15 is 0 Å². The first-order chi connectivity index (χ1) is 7.81. The van der Waals surface area contributed by atoms with Crippen molar-refractivity contribution in [3.05, 3.63) is 36.0 Å². The highest BCUT2D eigenvalue weighted by molar-refractivity contribution is 5.80. The van der Waals surface area contributed by atoms with Gasteiger partial charge in [-0.1, -0.05) is 12.1 Å². The van der Waals surface area contributed by atoms with E-state index in [1.54, 1.807) is 0 Å². The summed E-state index contributed by atoms with van der Waals surface area (Å²) in [6.45, 7) is 4.38. The Balaban J connectivity index is 2.09. The Morgan fingerprint density at radius 1 is 1.19 bits per heavy atom. The Kier molecular flexibility index (Phi) is 3.62. The molecule has 2 nitrogen and oxygen atoms in total. The van der Waals surface area contributed by atoms with Crippen molar-refractivity contribution >= 4 is 10.9 Å². The number of benzene rings is 1. The molecule has 0 fully saturated rings. The third-order valence-corrected chi connectivity index (χ3v) is 3.01. The second-order valence-electron chi connectivity index (χ2n) is 4.38. The molecular weight excluding hydrogens is 196 g/mol. The van der Waals surface area contributed by atoms with Crippen LogP contribution >= 0.6 is 0 Å². The fourth-order valence-electron chi connectivity index (χ4n) is 2.07. The lowest BCUT2D eigenvalue weighted by Crippen LogP contribution is -2.08. The maximum absolute atomic E-state index is 3.18. The average Bonchev–Trinajstić information content (AvgIpc) is 2.67. The van der Waals surface area contributed by atoms with Gasteiger partial charge < -0.3 is 9.88 Å². The maximum Gasteiger partial charge on any atom is 0.0482 e. The number of aromatic nitrogens is 1. The van der Waals surface area contributed by atoms with E-state index < -0.39 is 0 Å². The summed E-state index contributed by atoms with van der Waals surface area (Å²) in [7, 11) is 2.01. The van der Waals surface area contributed by atoms with E-state index in [4.69, 9.17) is 0 Å². The number of hydrogen-bond donors (Lipinski definition) is 1. The summed E-state index contributed by atoms with van der Waals surface area (Å²) in [5.41, 5.74) is 2.70. The molecule has 2 heteroatoms. The molecule has 0 amide bonds. The molecule has 0 bridgehead atoms. The SMILES string of the molecule is CNCCCCn1ccc2ccc(C)cc21. The quantitative estimate of drug-likeness (QED) is 0.760. The molecule has 86 valence electrons. The second-order valence-corrected chi connectivity index (χ2v) is 4.38. The molecule has 0 unspecified atom stereocenters. The number of nitrogens with one attached hydrogen (secondary N) is 1. The average molecular weight is 216 g/mol. The zero-order valence-electron chi connectivity index (χ0n) is 10.2.